The Labute approximate surface area is 115 Å². The van der Waals surface area contributed by atoms with Gasteiger partial charge in [0.1, 0.15) is 0 Å². The highest BCUT2D eigenvalue weighted by atomic mass is 16.5. The van der Waals surface area contributed by atoms with E-state index in [1.807, 2.05) is 0 Å². The second-order valence-electron chi connectivity index (χ2n) is 5.78. The van der Waals surface area contributed by atoms with Crippen LogP contribution in [0.1, 0.15) is 32.1 Å². The van der Waals surface area contributed by atoms with Gasteiger partial charge in [0.05, 0.1) is 19.6 Å². The minimum atomic E-state index is -0.727. The molecule has 0 radical (unpaired) electrons. The Kier molecular flexibility index (Phi) is 5.60. The molecule has 0 amide bonds. The summed E-state index contributed by atoms with van der Waals surface area (Å²) in [5, 5.41) is 8.95. The summed E-state index contributed by atoms with van der Waals surface area (Å²) in [6.07, 6.45) is 5.26. The van der Waals surface area contributed by atoms with Crippen molar-refractivity contribution in [2.75, 3.05) is 39.9 Å². The van der Waals surface area contributed by atoms with Gasteiger partial charge in [0.2, 0.25) is 0 Å². The molecular weight excluding hydrogens is 244 g/mol. The van der Waals surface area contributed by atoms with Crippen molar-refractivity contribution < 1.29 is 14.6 Å². The summed E-state index contributed by atoms with van der Waals surface area (Å²) in [6, 6.07) is 0.724. The van der Waals surface area contributed by atoms with Crippen LogP contribution in [0.2, 0.25) is 0 Å². The third kappa shape index (κ3) is 4.44. The zero-order valence-corrected chi connectivity index (χ0v) is 11.9. The molecule has 2 aliphatic rings. The summed E-state index contributed by atoms with van der Waals surface area (Å²) in [6.45, 7) is 4.36. The summed E-state index contributed by atoms with van der Waals surface area (Å²) in [5.74, 6) is -0.727. The average molecular weight is 270 g/mol. The van der Waals surface area contributed by atoms with E-state index >= 15 is 0 Å². The highest BCUT2D eigenvalue weighted by Gasteiger charge is 2.27. The number of ether oxygens (including phenoxy) is 1. The topological polar surface area (TPSA) is 53.0 Å². The van der Waals surface area contributed by atoms with Crippen LogP contribution in [0.25, 0.3) is 0 Å². The molecule has 0 spiro atoms. The highest BCUT2D eigenvalue weighted by Crippen LogP contribution is 2.19. The molecule has 2 fully saturated rings. The van der Waals surface area contributed by atoms with Gasteiger partial charge in [0, 0.05) is 25.2 Å². The number of piperidine rings is 1. The zero-order chi connectivity index (χ0) is 13.7. The maximum Gasteiger partial charge on any atom is 0.305 e. The van der Waals surface area contributed by atoms with Crippen LogP contribution in [0.15, 0.2) is 0 Å². The fourth-order valence-corrected chi connectivity index (χ4v) is 3.20. The Hall–Kier alpha value is -0.650. The van der Waals surface area contributed by atoms with Crippen LogP contribution in [0.4, 0.5) is 0 Å². The third-order valence-corrected chi connectivity index (χ3v) is 4.43. The van der Waals surface area contributed by atoms with Crippen molar-refractivity contribution in [2.24, 2.45) is 0 Å². The molecular formula is C14H26N2O3. The first-order valence-electron chi connectivity index (χ1n) is 7.40. The fraction of sp³-hybridized carbons (Fsp3) is 0.929. The minimum absolute atomic E-state index is 0.0557. The molecule has 5 nitrogen and oxygen atoms in total. The van der Waals surface area contributed by atoms with Crippen molar-refractivity contribution in [1.29, 1.82) is 0 Å². The number of hydrogen-bond donors (Lipinski definition) is 1. The van der Waals surface area contributed by atoms with E-state index in [9.17, 15) is 4.79 Å². The molecule has 1 N–H and O–H groups in total. The number of carboxylic acid groups (broad SMARTS) is 1. The van der Waals surface area contributed by atoms with Crippen molar-refractivity contribution >= 4 is 5.97 Å². The van der Waals surface area contributed by atoms with Crippen LogP contribution in [0, 0.1) is 0 Å². The lowest BCUT2D eigenvalue weighted by atomic mass is 9.99. The second-order valence-corrected chi connectivity index (χ2v) is 5.78. The van der Waals surface area contributed by atoms with Crippen LogP contribution < -0.4 is 0 Å². The summed E-state index contributed by atoms with van der Waals surface area (Å²) in [5.41, 5.74) is 0. The Bertz CT molecular complexity index is 298. The zero-order valence-electron chi connectivity index (χ0n) is 11.9. The van der Waals surface area contributed by atoms with E-state index in [1.165, 1.54) is 25.8 Å². The molecule has 2 rings (SSSR count). The highest BCUT2D eigenvalue weighted by molar-refractivity contribution is 5.67. The number of rotatable bonds is 5. The molecule has 19 heavy (non-hydrogen) atoms. The van der Waals surface area contributed by atoms with Crippen LogP contribution in [-0.2, 0) is 9.53 Å². The molecule has 0 aromatic heterocycles. The summed E-state index contributed by atoms with van der Waals surface area (Å²) in [4.78, 5) is 15.6. The van der Waals surface area contributed by atoms with Crippen LogP contribution in [-0.4, -0.2) is 72.9 Å². The first kappa shape index (κ1) is 14.8. The van der Waals surface area contributed by atoms with E-state index in [2.05, 4.69) is 16.8 Å². The van der Waals surface area contributed by atoms with Gasteiger partial charge in [-0.1, -0.05) is 6.42 Å². The largest absolute Gasteiger partial charge is 0.481 e. The Morgan fingerprint density at radius 1 is 1.32 bits per heavy atom. The normalized spacial score (nSPS) is 30.4. The molecule has 0 bridgehead atoms. The van der Waals surface area contributed by atoms with Gasteiger partial charge in [-0.05, 0) is 32.9 Å². The van der Waals surface area contributed by atoms with Gasteiger partial charge >= 0.3 is 5.97 Å². The number of nitrogens with zero attached hydrogens (tertiary/aromatic N) is 2. The quantitative estimate of drug-likeness (QED) is 0.809. The van der Waals surface area contributed by atoms with Crippen molar-refractivity contribution in [1.82, 2.24) is 9.80 Å². The van der Waals surface area contributed by atoms with Gasteiger partial charge in [-0.2, -0.15) is 0 Å². The molecule has 0 aromatic rings. The molecule has 2 saturated heterocycles. The lowest BCUT2D eigenvalue weighted by Gasteiger charge is -2.38. The maximum atomic E-state index is 10.9. The number of likely N-dealkylation sites (tertiary alicyclic amines) is 1. The summed E-state index contributed by atoms with van der Waals surface area (Å²) >= 11 is 0. The van der Waals surface area contributed by atoms with E-state index in [-0.39, 0.29) is 12.5 Å². The SMILES string of the molecule is CN1CCCCC1CCN1CCOCC1CC(=O)O. The lowest BCUT2D eigenvalue weighted by Crippen LogP contribution is -2.48. The van der Waals surface area contributed by atoms with Gasteiger partial charge in [0.25, 0.3) is 0 Å². The summed E-state index contributed by atoms with van der Waals surface area (Å²) < 4.78 is 5.41. The molecule has 110 valence electrons. The van der Waals surface area contributed by atoms with Crippen molar-refractivity contribution in [3.8, 4) is 0 Å². The van der Waals surface area contributed by atoms with Crippen LogP contribution >= 0.6 is 0 Å². The molecule has 0 saturated carbocycles. The molecule has 0 aliphatic carbocycles. The average Bonchev–Trinajstić information content (AvgIpc) is 2.39. The number of aliphatic carboxylic acids is 1. The maximum absolute atomic E-state index is 10.9. The number of carboxylic acids is 1. The fourth-order valence-electron chi connectivity index (χ4n) is 3.20. The number of morpholine rings is 1. The van der Waals surface area contributed by atoms with Crippen LogP contribution in [0.3, 0.4) is 0 Å². The number of carbonyl (C=O) groups is 1. The molecule has 0 aromatic carbocycles. The lowest BCUT2D eigenvalue weighted by molar-refractivity contribution is -0.140. The third-order valence-electron chi connectivity index (χ3n) is 4.43. The van der Waals surface area contributed by atoms with Crippen molar-refractivity contribution in [3.63, 3.8) is 0 Å². The molecule has 2 unspecified atom stereocenters. The predicted octanol–water partition coefficient (Wildman–Crippen LogP) is 1.04. The monoisotopic (exact) mass is 270 g/mol. The van der Waals surface area contributed by atoms with Crippen molar-refractivity contribution in [3.05, 3.63) is 0 Å². The Morgan fingerprint density at radius 3 is 2.89 bits per heavy atom. The Balaban J connectivity index is 1.80. The van der Waals surface area contributed by atoms with E-state index in [1.54, 1.807) is 0 Å². The Morgan fingerprint density at radius 2 is 2.16 bits per heavy atom. The summed E-state index contributed by atoms with van der Waals surface area (Å²) in [7, 11) is 2.21. The second kappa shape index (κ2) is 7.22. The van der Waals surface area contributed by atoms with Gasteiger partial charge in [-0.3, -0.25) is 9.69 Å². The van der Waals surface area contributed by atoms with E-state index in [0.29, 0.717) is 12.6 Å². The standard InChI is InChI=1S/C14H26N2O3/c1-15-6-3-2-4-12(15)5-7-16-8-9-19-11-13(16)10-14(17)18/h12-13H,2-11H2,1H3,(H,17,18). The first-order valence-corrected chi connectivity index (χ1v) is 7.40. The minimum Gasteiger partial charge on any atom is -0.481 e. The van der Waals surface area contributed by atoms with E-state index in [4.69, 9.17) is 9.84 Å². The molecule has 2 heterocycles. The smallest absolute Gasteiger partial charge is 0.305 e. The predicted molar refractivity (Wildman–Crippen MR) is 73.3 cm³/mol. The molecule has 5 heteroatoms. The van der Waals surface area contributed by atoms with Gasteiger partial charge in [-0.25, -0.2) is 0 Å². The van der Waals surface area contributed by atoms with E-state index < -0.39 is 5.97 Å². The molecule has 2 aliphatic heterocycles. The van der Waals surface area contributed by atoms with E-state index in [0.717, 1.165) is 26.1 Å². The van der Waals surface area contributed by atoms with Crippen LogP contribution in [0.5, 0.6) is 0 Å². The number of hydrogen-bond acceptors (Lipinski definition) is 4. The van der Waals surface area contributed by atoms with Crippen molar-refractivity contribution in [2.45, 2.75) is 44.2 Å². The van der Waals surface area contributed by atoms with Gasteiger partial charge in [-0.15, -0.1) is 0 Å². The first-order chi connectivity index (χ1) is 9.16. The molecule has 2 atom stereocenters. The van der Waals surface area contributed by atoms with Gasteiger partial charge < -0.3 is 14.7 Å². The van der Waals surface area contributed by atoms with Gasteiger partial charge in [0.15, 0.2) is 0 Å².